The molecule has 7 nitrogen and oxygen atoms in total. The molecule has 9 heteroatoms. The quantitative estimate of drug-likeness (QED) is 0.225. The Hall–Kier alpha value is -3.75. The van der Waals surface area contributed by atoms with E-state index in [0.717, 1.165) is 45.8 Å². The van der Waals surface area contributed by atoms with E-state index in [0.29, 0.717) is 41.4 Å². The smallest absolute Gasteiger partial charge is 0.227 e. The van der Waals surface area contributed by atoms with Crippen LogP contribution in [0.4, 0.5) is 5.95 Å². The van der Waals surface area contributed by atoms with Crippen LogP contribution < -0.4 is 14.8 Å². The van der Waals surface area contributed by atoms with Crippen molar-refractivity contribution < 1.29 is 14.3 Å². The Labute approximate surface area is 242 Å². The van der Waals surface area contributed by atoms with Gasteiger partial charge in [0.15, 0.2) is 17.3 Å². The second kappa shape index (κ2) is 11.4. The van der Waals surface area contributed by atoms with Gasteiger partial charge in [0.1, 0.15) is 12.6 Å². The van der Waals surface area contributed by atoms with Crippen LogP contribution >= 0.6 is 23.4 Å². The van der Waals surface area contributed by atoms with Crippen LogP contribution in [0.2, 0.25) is 5.02 Å². The number of Topliss-reactive ketones (excluding diaryl/α,β-unsaturated/α-hetero) is 1. The molecular formula is C31H29ClN4O3S. The van der Waals surface area contributed by atoms with E-state index in [1.165, 1.54) is 17.3 Å². The molecule has 1 N–H and O–H groups in total. The summed E-state index contributed by atoms with van der Waals surface area (Å²) in [5.74, 6) is 2.64. The summed E-state index contributed by atoms with van der Waals surface area (Å²) in [6.07, 6.45) is 2.12. The summed E-state index contributed by atoms with van der Waals surface area (Å²) >= 11 is 7.87. The van der Waals surface area contributed by atoms with Gasteiger partial charge in [-0.15, -0.1) is 5.10 Å². The maximum atomic E-state index is 13.3. The number of carbonyl (C=O) groups excluding carboxylic acids is 1. The fourth-order valence-corrected chi connectivity index (χ4v) is 6.28. The molecule has 2 aliphatic rings. The maximum absolute atomic E-state index is 13.3. The number of fused-ring (bicyclic) bond motifs is 1. The van der Waals surface area contributed by atoms with Gasteiger partial charge < -0.3 is 14.8 Å². The summed E-state index contributed by atoms with van der Waals surface area (Å²) in [6.45, 7) is 2.50. The Morgan fingerprint density at radius 2 is 1.85 bits per heavy atom. The zero-order valence-electron chi connectivity index (χ0n) is 22.3. The van der Waals surface area contributed by atoms with Crippen molar-refractivity contribution in [2.45, 2.75) is 49.7 Å². The van der Waals surface area contributed by atoms with Crippen LogP contribution in [0.25, 0.3) is 0 Å². The standard InChI is InChI=1S/C31H29ClN4O3S/c1-19-8-3-4-9-21(19)17-39-26-15-14-20(16-27(26)38-2)29-28-24(12-7-13-25(28)37)33-30-34-31(35-36(29)30)40-18-22-10-5-6-11-23(22)32/h3-6,8-11,14-16,29H,7,12-13,17-18H2,1-2H3,(H,33,34,35). The maximum Gasteiger partial charge on any atom is 0.227 e. The number of ketones is 1. The van der Waals surface area contributed by atoms with Crippen molar-refractivity contribution in [3.63, 3.8) is 0 Å². The molecule has 0 fully saturated rings. The number of nitrogens with one attached hydrogen (secondary N) is 1. The molecule has 1 aliphatic heterocycles. The van der Waals surface area contributed by atoms with Gasteiger partial charge in [0.05, 0.1) is 7.11 Å². The number of carbonyl (C=O) groups is 1. The highest BCUT2D eigenvalue weighted by atomic mass is 35.5. The fourth-order valence-electron chi connectivity index (χ4n) is 5.16. The van der Waals surface area contributed by atoms with Crippen LogP contribution in [-0.2, 0) is 17.2 Å². The third-order valence-electron chi connectivity index (χ3n) is 7.31. The molecule has 1 aliphatic carbocycles. The molecule has 204 valence electrons. The summed E-state index contributed by atoms with van der Waals surface area (Å²) < 4.78 is 13.7. The first-order valence-electron chi connectivity index (χ1n) is 13.2. The second-order valence-electron chi connectivity index (χ2n) is 9.86. The van der Waals surface area contributed by atoms with Crippen molar-refractivity contribution in [1.29, 1.82) is 0 Å². The van der Waals surface area contributed by atoms with E-state index in [-0.39, 0.29) is 5.78 Å². The van der Waals surface area contributed by atoms with Gasteiger partial charge in [-0.1, -0.05) is 71.9 Å². The first-order valence-corrected chi connectivity index (χ1v) is 14.6. The zero-order chi connectivity index (χ0) is 27.6. The normalized spacial score (nSPS) is 16.3. The average molecular weight is 573 g/mol. The van der Waals surface area contributed by atoms with Crippen molar-refractivity contribution in [3.05, 3.63) is 105 Å². The summed E-state index contributed by atoms with van der Waals surface area (Å²) in [4.78, 5) is 18.0. The number of methoxy groups -OCH3 is 1. The molecule has 2 heterocycles. The van der Waals surface area contributed by atoms with Gasteiger partial charge in [-0.25, -0.2) is 4.68 Å². The predicted octanol–water partition coefficient (Wildman–Crippen LogP) is 7.14. The number of aryl methyl sites for hydroxylation is 1. The predicted molar refractivity (Wildman–Crippen MR) is 157 cm³/mol. The van der Waals surface area contributed by atoms with Crippen LogP contribution in [0, 0.1) is 6.92 Å². The SMILES string of the molecule is COc1cc(C2C3=C(CCCC3=O)Nc3nc(SCc4ccccc4Cl)nn32)ccc1OCc1ccccc1C. The summed E-state index contributed by atoms with van der Waals surface area (Å²) in [6, 6.07) is 21.3. The number of halogens is 1. The molecule has 4 aromatic rings. The highest BCUT2D eigenvalue weighted by Crippen LogP contribution is 2.43. The van der Waals surface area contributed by atoms with Crippen LogP contribution in [0.1, 0.15) is 47.6 Å². The Bertz CT molecular complexity index is 1620. The summed E-state index contributed by atoms with van der Waals surface area (Å²) in [5, 5.41) is 9.58. The summed E-state index contributed by atoms with van der Waals surface area (Å²) in [7, 11) is 1.63. The van der Waals surface area contributed by atoms with Crippen molar-refractivity contribution in [2.24, 2.45) is 0 Å². The average Bonchev–Trinajstić information content (AvgIpc) is 3.38. The van der Waals surface area contributed by atoms with Crippen molar-refractivity contribution >= 4 is 35.1 Å². The number of allylic oxidation sites excluding steroid dienone is 2. The van der Waals surface area contributed by atoms with E-state index < -0.39 is 6.04 Å². The van der Waals surface area contributed by atoms with Gasteiger partial charge in [-0.3, -0.25) is 4.79 Å². The third-order valence-corrected chi connectivity index (χ3v) is 8.57. The molecule has 1 aromatic heterocycles. The molecule has 0 spiro atoms. The van der Waals surface area contributed by atoms with Crippen LogP contribution in [0.5, 0.6) is 11.5 Å². The van der Waals surface area contributed by atoms with Crippen molar-refractivity contribution in [2.75, 3.05) is 12.4 Å². The Morgan fingerprint density at radius 3 is 2.65 bits per heavy atom. The molecule has 0 bridgehead atoms. The molecule has 0 radical (unpaired) electrons. The zero-order valence-corrected chi connectivity index (χ0v) is 23.9. The van der Waals surface area contributed by atoms with E-state index in [9.17, 15) is 4.79 Å². The lowest BCUT2D eigenvalue weighted by Crippen LogP contribution is -2.31. The van der Waals surface area contributed by atoms with Crippen molar-refractivity contribution in [3.8, 4) is 11.5 Å². The number of rotatable bonds is 8. The number of aromatic nitrogens is 3. The van der Waals surface area contributed by atoms with Crippen molar-refractivity contribution in [1.82, 2.24) is 14.8 Å². The second-order valence-corrected chi connectivity index (χ2v) is 11.2. The summed E-state index contributed by atoms with van der Waals surface area (Å²) in [5.41, 5.74) is 5.85. The Morgan fingerprint density at radius 1 is 1.05 bits per heavy atom. The molecule has 0 saturated carbocycles. The fraction of sp³-hybridized carbons (Fsp3) is 0.258. The van der Waals surface area contributed by atoms with Crippen LogP contribution in [-0.4, -0.2) is 27.7 Å². The Kier molecular flexibility index (Phi) is 7.54. The molecule has 0 saturated heterocycles. The van der Waals surface area contributed by atoms with Gasteiger partial charge in [0, 0.05) is 28.5 Å². The van der Waals surface area contributed by atoms with Gasteiger partial charge >= 0.3 is 0 Å². The number of benzene rings is 3. The number of anilines is 1. The lowest BCUT2D eigenvalue weighted by atomic mass is 9.85. The van der Waals surface area contributed by atoms with Gasteiger partial charge in [0.25, 0.3) is 0 Å². The minimum atomic E-state index is -0.416. The first-order chi connectivity index (χ1) is 19.5. The van der Waals surface area contributed by atoms with E-state index >= 15 is 0 Å². The first kappa shape index (κ1) is 26.5. The van der Waals surface area contributed by atoms with E-state index in [4.69, 9.17) is 31.2 Å². The minimum absolute atomic E-state index is 0.129. The lowest BCUT2D eigenvalue weighted by Gasteiger charge is -2.32. The monoisotopic (exact) mass is 572 g/mol. The number of thioether (sulfide) groups is 1. The van der Waals surface area contributed by atoms with Gasteiger partial charge in [-0.05, 0) is 60.2 Å². The largest absolute Gasteiger partial charge is 0.493 e. The highest BCUT2D eigenvalue weighted by molar-refractivity contribution is 7.98. The molecule has 0 amide bonds. The molecule has 1 unspecified atom stereocenters. The van der Waals surface area contributed by atoms with E-state index in [1.54, 1.807) is 7.11 Å². The number of hydrogen-bond acceptors (Lipinski definition) is 7. The van der Waals surface area contributed by atoms with Crippen LogP contribution in [0.15, 0.2) is 83.2 Å². The van der Waals surface area contributed by atoms with Gasteiger partial charge in [-0.2, -0.15) is 4.98 Å². The third kappa shape index (κ3) is 5.21. The molecule has 3 aromatic carbocycles. The Balaban J connectivity index is 1.32. The topological polar surface area (TPSA) is 78.3 Å². The van der Waals surface area contributed by atoms with Gasteiger partial charge in [0.2, 0.25) is 11.1 Å². The number of ether oxygens (including phenoxy) is 2. The number of nitrogens with zero attached hydrogens (tertiary/aromatic N) is 3. The molecule has 6 rings (SSSR count). The molecular weight excluding hydrogens is 544 g/mol. The highest BCUT2D eigenvalue weighted by Gasteiger charge is 2.37. The molecule has 1 atom stereocenters. The number of hydrogen-bond donors (Lipinski definition) is 1. The lowest BCUT2D eigenvalue weighted by molar-refractivity contribution is -0.116. The van der Waals surface area contributed by atoms with E-state index in [2.05, 4.69) is 24.4 Å². The minimum Gasteiger partial charge on any atom is -0.493 e. The van der Waals surface area contributed by atoms with Crippen LogP contribution in [0.3, 0.4) is 0 Å². The van der Waals surface area contributed by atoms with E-state index in [1.807, 2.05) is 59.3 Å². The molecule has 40 heavy (non-hydrogen) atoms.